The molecular formula is C17H22ClFN2O3. The Bertz CT molecular complexity index is 590. The number of alkyl halides is 1. The van der Waals surface area contributed by atoms with E-state index >= 15 is 0 Å². The van der Waals surface area contributed by atoms with Gasteiger partial charge in [0, 0.05) is 6.04 Å². The number of aliphatic hydroxyl groups is 1. The lowest BCUT2D eigenvalue weighted by atomic mass is 10.1. The molecule has 1 heterocycles. The molecule has 1 aliphatic rings. The summed E-state index contributed by atoms with van der Waals surface area (Å²) in [6.45, 7) is 4.13. The number of aliphatic hydroxyl groups excluding tert-OH is 1. The van der Waals surface area contributed by atoms with Crippen LogP contribution in [0.3, 0.4) is 0 Å². The van der Waals surface area contributed by atoms with Crippen molar-refractivity contribution in [2.45, 2.75) is 39.3 Å². The third-order valence-corrected chi connectivity index (χ3v) is 3.84. The van der Waals surface area contributed by atoms with Gasteiger partial charge in [-0.25, -0.2) is 4.39 Å². The smallest absolute Gasteiger partial charge is 0.183 e. The van der Waals surface area contributed by atoms with Crippen LogP contribution in [0, 0.1) is 0 Å². The van der Waals surface area contributed by atoms with Crippen LogP contribution in [0.25, 0.3) is 0 Å². The van der Waals surface area contributed by atoms with Crippen LogP contribution >= 0.6 is 11.6 Å². The van der Waals surface area contributed by atoms with Gasteiger partial charge in [-0.2, -0.15) is 5.10 Å². The highest BCUT2D eigenvalue weighted by Crippen LogP contribution is 2.24. The summed E-state index contributed by atoms with van der Waals surface area (Å²) in [5.74, 6) is 0.358. The fourth-order valence-corrected chi connectivity index (χ4v) is 2.35. The minimum Gasteiger partial charge on any atom is -0.486 e. The first-order chi connectivity index (χ1) is 11.5. The summed E-state index contributed by atoms with van der Waals surface area (Å²) in [5.41, 5.74) is 1.90. The van der Waals surface area contributed by atoms with E-state index in [4.69, 9.17) is 21.1 Å². The van der Waals surface area contributed by atoms with E-state index < -0.39 is 12.9 Å². The molecule has 5 nitrogen and oxygen atoms in total. The molecule has 2 rings (SSSR count). The Morgan fingerprint density at radius 1 is 1.25 bits per heavy atom. The number of benzene rings is 1. The Kier molecular flexibility index (Phi) is 7.02. The molecule has 0 radical (unpaired) electrons. The number of ether oxygens (including phenoxy) is 2. The number of nitrogens with zero attached hydrogens (tertiary/aromatic N) is 2. The largest absolute Gasteiger partial charge is 0.486 e. The molecule has 0 fully saturated rings. The van der Waals surface area contributed by atoms with Gasteiger partial charge < -0.3 is 14.6 Å². The van der Waals surface area contributed by atoms with Crippen molar-refractivity contribution >= 4 is 17.8 Å². The van der Waals surface area contributed by atoms with Gasteiger partial charge in [0.25, 0.3) is 0 Å². The van der Waals surface area contributed by atoms with E-state index in [1.165, 1.54) is 11.2 Å². The molecule has 1 atom stereocenters. The van der Waals surface area contributed by atoms with Crippen molar-refractivity contribution in [2.24, 2.45) is 5.10 Å². The third kappa shape index (κ3) is 4.93. The monoisotopic (exact) mass is 356 g/mol. The molecule has 0 bridgehead atoms. The number of rotatable bonds is 8. The van der Waals surface area contributed by atoms with Gasteiger partial charge in [-0.3, -0.25) is 5.01 Å². The number of allylic oxidation sites excluding steroid dienone is 1. The van der Waals surface area contributed by atoms with Crippen LogP contribution in [0.1, 0.15) is 25.0 Å². The van der Waals surface area contributed by atoms with Crippen molar-refractivity contribution in [3.05, 3.63) is 46.2 Å². The molecule has 1 aliphatic heterocycles. The van der Waals surface area contributed by atoms with Crippen LogP contribution in [0.4, 0.5) is 4.39 Å². The summed E-state index contributed by atoms with van der Waals surface area (Å²) >= 11 is 6.16. The number of hydrazone groups is 1. The normalized spacial score (nSPS) is 17.8. The SMILES string of the molecule is CC(C)N1N=CC(OCc2ccc(COCCF)cc2)=C(Cl)C1O. The zero-order chi connectivity index (χ0) is 17.5. The van der Waals surface area contributed by atoms with Gasteiger partial charge in [-0.1, -0.05) is 35.9 Å². The lowest BCUT2D eigenvalue weighted by Crippen LogP contribution is -2.39. The molecule has 1 unspecified atom stereocenters. The summed E-state index contributed by atoms with van der Waals surface area (Å²) in [5, 5.41) is 16.0. The van der Waals surface area contributed by atoms with Crippen LogP contribution in [0.2, 0.25) is 0 Å². The second-order valence-corrected chi connectivity index (χ2v) is 6.06. The Labute approximate surface area is 146 Å². The average Bonchev–Trinajstić information content (AvgIpc) is 2.57. The number of hydrogen-bond acceptors (Lipinski definition) is 5. The summed E-state index contributed by atoms with van der Waals surface area (Å²) in [6, 6.07) is 7.63. The van der Waals surface area contributed by atoms with Crippen molar-refractivity contribution in [2.75, 3.05) is 13.3 Å². The summed E-state index contributed by atoms with van der Waals surface area (Å²) in [4.78, 5) is 0. The van der Waals surface area contributed by atoms with Gasteiger partial charge in [0.1, 0.15) is 18.3 Å². The van der Waals surface area contributed by atoms with Crippen molar-refractivity contribution in [3.63, 3.8) is 0 Å². The fourth-order valence-electron chi connectivity index (χ4n) is 2.15. The van der Waals surface area contributed by atoms with Crippen molar-refractivity contribution in [3.8, 4) is 0 Å². The van der Waals surface area contributed by atoms with Crippen LogP contribution in [0.15, 0.2) is 40.2 Å². The molecule has 0 saturated heterocycles. The van der Waals surface area contributed by atoms with Gasteiger partial charge in [0.2, 0.25) is 0 Å². The Morgan fingerprint density at radius 2 is 1.88 bits per heavy atom. The molecule has 1 N–H and O–H groups in total. The van der Waals surface area contributed by atoms with E-state index in [2.05, 4.69) is 5.10 Å². The summed E-state index contributed by atoms with van der Waals surface area (Å²) < 4.78 is 22.8. The van der Waals surface area contributed by atoms with Crippen molar-refractivity contribution < 1.29 is 19.0 Å². The third-order valence-electron chi connectivity index (χ3n) is 3.46. The van der Waals surface area contributed by atoms with Gasteiger partial charge in [-0.05, 0) is 25.0 Å². The number of hydrogen-bond donors (Lipinski definition) is 1. The average molecular weight is 357 g/mol. The predicted molar refractivity (Wildman–Crippen MR) is 91.2 cm³/mol. The first kappa shape index (κ1) is 18.7. The number of halogens is 2. The van der Waals surface area contributed by atoms with Gasteiger partial charge in [-0.15, -0.1) is 0 Å². The van der Waals surface area contributed by atoms with E-state index in [0.717, 1.165) is 11.1 Å². The van der Waals surface area contributed by atoms with E-state index in [0.29, 0.717) is 19.0 Å². The van der Waals surface area contributed by atoms with Crippen LogP contribution in [0.5, 0.6) is 0 Å². The molecule has 0 aromatic heterocycles. The molecule has 24 heavy (non-hydrogen) atoms. The molecule has 0 aliphatic carbocycles. The van der Waals surface area contributed by atoms with Crippen LogP contribution in [-0.4, -0.2) is 41.9 Å². The van der Waals surface area contributed by atoms with E-state index in [-0.39, 0.29) is 17.7 Å². The lowest BCUT2D eigenvalue weighted by molar-refractivity contribution is 0.0108. The topological polar surface area (TPSA) is 54.3 Å². The van der Waals surface area contributed by atoms with Crippen LogP contribution < -0.4 is 0 Å². The molecule has 132 valence electrons. The maximum absolute atomic E-state index is 12.0. The standard InChI is InChI=1S/C17H22ClFN2O3/c1-12(2)21-17(22)16(18)15(9-20-21)24-11-14-5-3-13(4-6-14)10-23-8-7-19/h3-6,9,12,17,22H,7-8,10-11H2,1-2H3. The highest BCUT2D eigenvalue weighted by Gasteiger charge is 2.26. The highest BCUT2D eigenvalue weighted by molar-refractivity contribution is 6.31. The maximum Gasteiger partial charge on any atom is 0.183 e. The van der Waals surface area contributed by atoms with Crippen molar-refractivity contribution in [1.82, 2.24) is 5.01 Å². The van der Waals surface area contributed by atoms with Gasteiger partial charge in [0.15, 0.2) is 12.0 Å². The quantitative estimate of drug-likeness (QED) is 0.727. The Balaban J connectivity index is 1.90. The second kappa shape index (κ2) is 9.01. The van der Waals surface area contributed by atoms with E-state index in [1.54, 1.807) is 0 Å². The fraction of sp³-hybridized carbons (Fsp3) is 0.471. The molecule has 0 spiro atoms. The van der Waals surface area contributed by atoms with Gasteiger partial charge in [0.05, 0.1) is 19.4 Å². The minimum atomic E-state index is -0.998. The molecule has 1 aromatic carbocycles. The Hall–Kier alpha value is -1.63. The zero-order valence-electron chi connectivity index (χ0n) is 13.8. The van der Waals surface area contributed by atoms with Gasteiger partial charge >= 0.3 is 0 Å². The van der Waals surface area contributed by atoms with E-state index in [1.807, 2.05) is 38.1 Å². The lowest BCUT2D eigenvalue weighted by Gasteiger charge is -2.31. The molecule has 7 heteroatoms. The van der Waals surface area contributed by atoms with E-state index in [9.17, 15) is 9.50 Å². The Morgan fingerprint density at radius 3 is 2.46 bits per heavy atom. The zero-order valence-corrected chi connectivity index (χ0v) is 14.5. The minimum absolute atomic E-state index is 0.0266. The highest BCUT2D eigenvalue weighted by atomic mass is 35.5. The molecular weight excluding hydrogens is 335 g/mol. The summed E-state index contributed by atoms with van der Waals surface area (Å²) in [6.07, 6.45) is 0.510. The molecule has 0 amide bonds. The van der Waals surface area contributed by atoms with Crippen molar-refractivity contribution in [1.29, 1.82) is 0 Å². The van der Waals surface area contributed by atoms with Crippen LogP contribution in [-0.2, 0) is 22.7 Å². The summed E-state index contributed by atoms with van der Waals surface area (Å²) in [7, 11) is 0. The first-order valence-electron chi connectivity index (χ1n) is 7.77. The maximum atomic E-state index is 12.0. The first-order valence-corrected chi connectivity index (χ1v) is 8.15. The molecule has 1 aromatic rings. The predicted octanol–water partition coefficient (Wildman–Crippen LogP) is 3.17. The second-order valence-electron chi connectivity index (χ2n) is 5.65. The molecule has 0 saturated carbocycles.